The molecule has 21 heavy (non-hydrogen) atoms. The Labute approximate surface area is 121 Å². The van der Waals surface area contributed by atoms with E-state index in [1.54, 1.807) is 0 Å². The smallest absolute Gasteiger partial charge is 0.337 e. The highest BCUT2D eigenvalue weighted by atomic mass is 19.4. The van der Waals surface area contributed by atoms with E-state index in [2.05, 4.69) is 0 Å². The van der Waals surface area contributed by atoms with Crippen LogP contribution in [-0.2, 0) is 6.18 Å². The summed E-state index contributed by atoms with van der Waals surface area (Å²) in [6, 6.07) is 4.50. The molecule has 116 valence electrons. The van der Waals surface area contributed by atoms with Crippen LogP contribution in [0.2, 0.25) is 0 Å². The van der Waals surface area contributed by atoms with Gasteiger partial charge in [-0.05, 0) is 25.0 Å². The molecule has 1 amide bonds. The van der Waals surface area contributed by atoms with Gasteiger partial charge in [-0.1, -0.05) is 25.0 Å². The van der Waals surface area contributed by atoms with Crippen LogP contribution < -0.4 is 5.73 Å². The van der Waals surface area contributed by atoms with E-state index in [0.29, 0.717) is 0 Å². The first-order valence-electron chi connectivity index (χ1n) is 7.01. The van der Waals surface area contributed by atoms with Gasteiger partial charge in [-0.15, -0.1) is 0 Å². The van der Waals surface area contributed by atoms with Crippen LogP contribution in [0.1, 0.15) is 41.6 Å². The third kappa shape index (κ3) is 3.37. The molecule has 1 aromatic rings. The zero-order valence-corrected chi connectivity index (χ0v) is 11.9. The largest absolute Gasteiger partial charge is 0.417 e. The van der Waals surface area contributed by atoms with Gasteiger partial charge < -0.3 is 10.6 Å². The number of benzene rings is 1. The number of hydrogen-bond donors (Lipinski definition) is 1. The lowest BCUT2D eigenvalue weighted by Crippen LogP contribution is -2.50. The third-order valence-corrected chi connectivity index (χ3v) is 4.06. The topological polar surface area (TPSA) is 46.3 Å². The Kier molecular flexibility index (Phi) is 4.56. The van der Waals surface area contributed by atoms with Crippen LogP contribution >= 0.6 is 0 Å². The molecule has 0 saturated heterocycles. The maximum atomic E-state index is 13.0. The van der Waals surface area contributed by atoms with E-state index in [0.717, 1.165) is 31.7 Å². The van der Waals surface area contributed by atoms with Gasteiger partial charge in [-0.2, -0.15) is 13.2 Å². The first kappa shape index (κ1) is 15.8. The molecule has 1 aliphatic rings. The Balaban J connectivity index is 2.28. The van der Waals surface area contributed by atoms with Crippen molar-refractivity contribution in [1.82, 2.24) is 4.90 Å². The van der Waals surface area contributed by atoms with Gasteiger partial charge in [-0.25, -0.2) is 0 Å². The Hall–Kier alpha value is -1.56. The van der Waals surface area contributed by atoms with Gasteiger partial charge in [0.15, 0.2) is 0 Å². The van der Waals surface area contributed by atoms with Gasteiger partial charge in [0, 0.05) is 19.1 Å². The molecule has 3 nitrogen and oxygen atoms in total. The van der Waals surface area contributed by atoms with Crippen LogP contribution in [0, 0.1) is 0 Å². The molecule has 2 N–H and O–H groups in total. The summed E-state index contributed by atoms with van der Waals surface area (Å²) < 4.78 is 39.0. The number of nitrogens with two attached hydrogens (primary N) is 1. The van der Waals surface area contributed by atoms with Gasteiger partial charge in [0.25, 0.3) is 5.91 Å². The molecule has 1 aromatic carbocycles. The predicted molar refractivity (Wildman–Crippen MR) is 73.8 cm³/mol. The molecule has 0 bridgehead atoms. The van der Waals surface area contributed by atoms with Crippen molar-refractivity contribution in [2.24, 2.45) is 5.73 Å². The Morgan fingerprint density at radius 3 is 2.48 bits per heavy atom. The molecule has 0 radical (unpaired) electrons. The van der Waals surface area contributed by atoms with Crippen molar-refractivity contribution in [1.29, 1.82) is 0 Å². The summed E-state index contributed by atoms with van der Waals surface area (Å²) in [6.45, 7) is 0. The van der Waals surface area contributed by atoms with E-state index in [-0.39, 0.29) is 17.6 Å². The summed E-state index contributed by atoms with van der Waals surface area (Å²) >= 11 is 0. The monoisotopic (exact) mass is 300 g/mol. The zero-order valence-electron chi connectivity index (χ0n) is 11.9. The van der Waals surface area contributed by atoms with Crippen LogP contribution in [0.5, 0.6) is 0 Å². The van der Waals surface area contributed by atoms with Gasteiger partial charge >= 0.3 is 6.18 Å². The average molecular weight is 300 g/mol. The number of alkyl halides is 3. The number of carbonyl (C=O) groups excluding carboxylic acids is 1. The van der Waals surface area contributed by atoms with E-state index >= 15 is 0 Å². The second kappa shape index (κ2) is 6.05. The normalized spacial score (nSPS) is 22.9. The number of halogens is 3. The van der Waals surface area contributed by atoms with Crippen molar-refractivity contribution in [2.45, 2.75) is 43.9 Å². The molecule has 0 heterocycles. The Bertz CT molecular complexity index is 516. The van der Waals surface area contributed by atoms with Crippen LogP contribution in [0.3, 0.4) is 0 Å². The fraction of sp³-hybridized carbons (Fsp3) is 0.533. The molecule has 0 aromatic heterocycles. The van der Waals surface area contributed by atoms with E-state index < -0.39 is 17.6 Å². The number of carbonyl (C=O) groups is 1. The van der Waals surface area contributed by atoms with Gasteiger partial charge in [-0.3, -0.25) is 4.79 Å². The first-order chi connectivity index (χ1) is 9.82. The molecule has 2 rings (SSSR count). The lowest BCUT2D eigenvalue weighted by Gasteiger charge is -2.36. The molecule has 0 spiro atoms. The van der Waals surface area contributed by atoms with E-state index in [1.807, 2.05) is 0 Å². The molecule has 6 heteroatoms. The van der Waals surface area contributed by atoms with Crippen LogP contribution in [0.15, 0.2) is 24.3 Å². The van der Waals surface area contributed by atoms with Crippen molar-refractivity contribution in [3.05, 3.63) is 35.4 Å². The third-order valence-electron chi connectivity index (χ3n) is 4.06. The van der Waals surface area contributed by atoms with Crippen molar-refractivity contribution in [3.63, 3.8) is 0 Å². The molecular weight excluding hydrogens is 281 g/mol. The standard InChI is InChI=1S/C15H19F3N2O/c1-20(13-9-5-4-8-12(13)19)14(21)10-6-2-3-7-11(10)15(16,17)18/h2-3,6-7,12-13H,4-5,8-9,19H2,1H3. The molecule has 1 aliphatic carbocycles. The number of hydrogen-bond acceptors (Lipinski definition) is 2. The summed E-state index contributed by atoms with van der Waals surface area (Å²) in [4.78, 5) is 13.8. The zero-order chi connectivity index (χ0) is 15.6. The maximum Gasteiger partial charge on any atom is 0.417 e. The maximum absolute atomic E-state index is 13.0. The van der Waals surface area contributed by atoms with Crippen molar-refractivity contribution in [3.8, 4) is 0 Å². The van der Waals surface area contributed by atoms with Crippen molar-refractivity contribution >= 4 is 5.91 Å². The van der Waals surface area contributed by atoms with Crippen LogP contribution in [0.25, 0.3) is 0 Å². The first-order valence-corrected chi connectivity index (χ1v) is 7.01. The van der Waals surface area contributed by atoms with Crippen LogP contribution in [0.4, 0.5) is 13.2 Å². The quantitative estimate of drug-likeness (QED) is 0.912. The molecule has 2 atom stereocenters. The van der Waals surface area contributed by atoms with Crippen LogP contribution in [-0.4, -0.2) is 29.9 Å². The molecule has 1 saturated carbocycles. The number of nitrogens with zero attached hydrogens (tertiary/aromatic N) is 1. The lowest BCUT2D eigenvalue weighted by atomic mass is 9.89. The number of rotatable bonds is 2. The fourth-order valence-corrected chi connectivity index (χ4v) is 2.88. The van der Waals surface area contributed by atoms with E-state index in [4.69, 9.17) is 5.73 Å². The van der Waals surface area contributed by atoms with E-state index in [9.17, 15) is 18.0 Å². The van der Waals surface area contributed by atoms with Crippen molar-refractivity contribution in [2.75, 3.05) is 7.05 Å². The highest BCUT2D eigenvalue weighted by Crippen LogP contribution is 2.33. The number of amides is 1. The fourth-order valence-electron chi connectivity index (χ4n) is 2.88. The summed E-state index contributed by atoms with van der Waals surface area (Å²) in [5.41, 5.74) is 4.79. The lowest BCUT2D eigenvalue weighted by molar-refractivity contribution is -0.138. The van der Waals surface area contributed by atoms with Gasteiger partial charge in [0.05, 0.1) is 11.1 Å². The Morgan fingerprint density at radius 1 is 1.24 bits per heavy atom. The van der Waals surface area contributed by atoms with Gasteiger partial charge in [0.1, 0.15) is 0 Å². The average Bonchev–Trinajstić information content (AvgIpc) is 2.45. The molecular formula is C15H19F3N2O. The Morgan fingerprint density at radius 2 is 1.86 bits per heavy atom. The highest BCUT2D eigenvalue weighted by Gasteiger charge is 2.37. The summed E-state index contributed by atoms with van der Waals surface area (Å²) in [6.07, 6.45) is -1.07. The summed E-state index contributed by atoms with van der Waals surface area (Å²) in [7, 11) is 1.53. The molecule has 0 aliphatic heterocycles. The minimum absolute atomic E-state index is 0.175. The molecule has 2 unspecified atom stereocenters. The molecule has 1 fully saturated rings. The second-order valence-corrected chi connectivity index (χ2v) is 5.48. The highest BCUT2D eigenvalue weighted by molar-refractivity contribution is 5.96. The number of likely N-dealkylation sites (N-methyl/N-ethyl adjacent to an activating group) is 1. The summed E-state index contributed by atoms with van der Waals surface area (Å²) in [5.74, 6) is -0.620. The van der Waals surface area contributed by atoms with Crippen molar-refractivity contribution < 1.29 is 18.0 Å². The SMILES string of the molecule is CN(C(=O)c1ccccc1C(F)(F)F)C1CCCCC1N. The predicted octanol–water partition coefficient (Wildman–Crippen LogP) is 3.05. The minimum atomic E-state index is -4.54. The summed E-state index contributed by atoms with van der Waals surface area (Å²) in [5, 5.41) is 0. The van der Waals surface area contributed by atoms with Gasteiger partial charge in [0.2, 0.25) is 0 Å². The minimum Gasteiger partial charge on any atom is -0.337 e. The van der Waals surface area contributed by atoms with E-state index in [1.165, 1.54) is 30.1 Å². The second-order valence-electron chi connectivity index (χ2n) is 5.48.